The molecule has 6 heteroatoms. The molecular weight excluding hydrogens is 320 g/mol. The molecule has 22 heavy (non-hydrogen) atoms. The first-order chi connectivity index (χ1) is 10.7. The first-order valence-corrected chi connectivity index (χ1v) is 9.33. The highest BCUT2D eigenvalue weighted by Gasteiger charge is 2.26. The summed E-state index contributed by atoms with van der Waals surface area (Å²) in [6, 6.07) is 5.17. The molecule has 1 aliphatic rings. The summed E-state index contributed by atoms with van der Waals surface area (Å²) in [5.41, 5.74) is 6.01. The Hall–Kier alpha value is -0.910. The predicted octanol–water partition coefficient (Wildman–Crippen LogP) is 2.89. The molecule has 1 atom stereocenters. The van der Waals surface area contributed by atoms with Crippen LogP contribution < -0.4 is 10.5 Å². The molecule has 0 saturated carbocycles. The Morgan fingerprint density at radius 2 is 2.36 bits per heavy atom. The third-order valence-corrected chi connectivity index (χ3v) is 4.80. The van der Waals surface area contributed by atoms with Crippen molar-refractivity contribution >= 4 is 29.3 Å². The van der Waals surface area contributed by atoms with Crippen LogP contribution in [0.2, 0.25) is 5.02 Å². The fourth-order valence-electron chi connectivity index (χ4n) is 2.76. The average Bonchev–Trinajstić information content (AvgIpc) is 2.53. The van der Waals surface area contributed by atoms with Crippen LogP contribution in [-0.4, -0.2) is 49.1 Å². The highest BCUT2D eigenvalue weighted by molar-refractivity contribution is 7.98. The fraction of sp³-hybridized carbons (Fsp3) is 0.562. The number of amides is 1. The minimum absolute atomic E-state index is 0.000300. The Labute approximate surface area is 141 Å². The van der Waals surface area contributed by atoms with E-state index in [1.54, 1.807) is 18.2 Å². The molecule has 2 rings (SSSR count). The maximum Gasteiger partial charge on any atom is 0.257 e. The number of likely N-dealkylation sites (tertiary alicyclic amines) is 1. The number of hydrogen-bond donors (Lipinski definition) is 1. The minimum Gasteiger partial charge on any atom is -0.491 e. The van der Waals surface area contributed by atoms with Crippen molar-refractivity contribution in [1.29, 1.82) is 0 Å². The van der Waals surface area contributed by atoms with E-state index in [9.17, 15) is 4.79 Å². The van der Waals surface area contributed by atoms with E-state index in [1.807, 2.05) is 16.7 Å². The summed E-state index contributed by atoms with van der Waals surface area (Å²) in [6.07, 6.45) is 4.35. The smallest absolute Gasteiger partial charge is 0.257 e. The van der Waals surface area contributed by atoms with E-state index in [0.29, 0.717) is 35.4 Å². The molecule has 0 radical (unpaired) electrons. The molecule has 1 aromatic carbocycles. The third kappa shape index (κ3) is 4.54. The normalized spacial score (nSPS) is 18.3. The van der Waals surface area contributed by atoms with E-state index in [-0.39, 0.29) is 5.91 Å². The molecule has 122 valence electrons. The summed E-state index contributed by atoms with van der Waals surface area (Å²) in [4.78, 5) is 14.8. The summed E-state index contributed by atoms with van der Waals surface area (Å²) in [5, 5.41) is 0.543. The number of benzene rings is 1. The standard InChI is InChI=1S/C16H23ClN2O2S/c1-22-11-12-3-2-7-19(10-12)16(20)14-9-13(17)4-5-15(14)21-8-6-18/h4-5,9,12H,2-3,6-8,10-11,18H2,1H3/t12-/m1/s1. The molecule has 1 saturated heterocycles. The molecule has 1 aromatic rings. The number of ether oxygens (including phenoxy) is 1. The van der Waals surface area contributed by atoms with Crippen LogP contribution in [-0.2, 0) is 0 Å². The average molecular weight is 343 g/mol. The molecule has 0 unspecified atom stereocenters. The van der Waals surface area contributed by atoms with E-state index in [0.717, 1.165) is 25.3 Å². The lowest BCUT2D eigenvalue weighted by atomic mass is 9.99. The Morgan fingerprint density at radius 3 is 3.09 bits per heavy atom. The van der Waals surface area contributed by atoms with Gasteiger partial charge in [-0.05, 0) is 49.0 Å². The van der Waals surface area contributed by atoms with Gasteiger partial charge in [-0.2, -0.15) is 11.8 Å². The second-order valence-corrected chi connectivity index (χ2v) is 6.84. The highest BCUT2D eigenvalue weighted by atomic mass is 35.5. The number of rotatable bonds is 6. The molecule has 0 aromatic heterocycles. The van der Waals surface area contributed by atoms with Gasteiger partial charge in [-0.25, -0.2) is 0 Å². The summed E-state index contributed by atoms with van der Waals surface area (Å²) >= 11 is 7.89. The lowest BCUT2D eigenvalue weighted by Gasteiger charge is -2.33. The SMILES string of the molecule is CSC[C@@H]1CCCN(C(=O)c2cc(Cl)ccc2OCCN)C1. The van der Waals surface area contributed by atoms with Gasteiger partial charge in [0.15, 0.2) is 0 Å². The molecule has 0 aliphatic carbocycles. The lowest BCUT2D eigenvalue weighted by molar-refractivity contribution is 0.0681. The Balaban J connectivity index is 2.15. The quantitative estimate of drug-likeness (QED) is 0.863. The Kier molecular flexibility index (Phi) is 6.86. The summed E-state index contributed by atoms with van der Waals surface area (Å²) < 4.78 is 5.59. The van der Waals surface area contributed by atoms with Gasteiger partial charge in [0.2, 0.25) is 0 Å². The van der Waals surface area contributed by atoms with Gasteiger partial charge in [0, 0.05) is 24.7 Å². The Morgan fingerprint density at radius 1 is 1.55 bits per heavy atom. The molecule has 0 spiro atoms. The second-order valence-electron chi connectivity index (χ2n) is 5.49. The number of carbonyl (C=O) groups excluding carboxylic acids is 1. The van der Waals surface area contributed by atoms with Crippen LogP contribution in [0.4, 0.5) is 0 Å². The maximum atomic E-state index is 12.8. The number of piperidine rings is 1. The van der Waals surface area contributed by atoms with Gasteiger partial charge in [0.25, 0.3) is 5.91 Å². The van der Waals surface area contributed by atoms with Gasteiger partial charge < -0.3 is 15.4 Å². The zero-order valence-corrected chi connectivity index (χ0v) is 14.5. The van der Waals surface area contributed by atoms with E-state index < -0.39 is 0 Å². The number of hydrogen-bond acceptors (Lipinski definition) is 4. The van der Waals surface area contributed by atoms with Crippen LogP contribution >= 0.6 is 23.4 Å². The van der Waals surface area contributed by atoms with Crippen molar-refractivity contribution in [2.45, 2.75) is 12.8 Å². The number of nitrogens with zero attached hydrogens (tertiary/aromatic N) is 1. The van der Waals surface area contributed by atoms with Crippen molar-refractivity contribution in [2.75, 3.05) is 38.2 Å². The van der Waals surface area contributed by atoms with Crippen molar-refractivity contribution in [3.63, 3.8) is 0 Å². The van der Waals surface area contributed by atoms with Crippen molar-refractivity contribution in [2.24, 2.45) is 11.7 Å². The number of carbonyl (C=O) groups is 1. The number of thioether (sulfide) groups is 1. The first kappa shape index (κ1) is 17.4. The van der Waals surface area contributed by atoms with Gasteiger partial charge in [-0.15, -0.1) is 0 Å². The third-order valence-electron chi connectivity index (χ3n) is 3.76. The highest BCUT2D eigenvalue weighted by Crippen LogP contribution is 2.27. The minimum atomic E-state index is 0.000300. The molecule has 0 bridgehead atoms. The molecule has 1 heterocycles. The second kappa shape index (κ2) is 8.65. The molecule has 4 nitrogen and oxygen atoms in total. The number of nitrogens with two attached hydrogens (primary N) is 1. The van der Waals surface area contributed by atoms with E-state index in [2.05, 4.69) is 6.26 Å². The first-order valence-electron chi connectivity index (χ1n) is 7.56. The number of halogens is 1. The summed E-state index contributed by atoms with van der Waals surface area (Å²) in [7, 11) is 0. The largest absolute Gasteiger partial charge is 0.491 e. The van der Waals surface area contributed by atoms with Gasteiger partial charge in [-0.3, -0.25) is 4.79 Å². The van der Waals surface area contributed by atoms with Crippen LogP contribution in [0.5, 0.6) is 5.75 Å². The molecule has 1 aliphatic heterocycles. The summed E-state index contributed by atoms with van der Waals surface area (Å²) in [6.45, 7) is 2.40. The molecular formula is C16H23ClN2O2S. The van der Waals surface area contributed by atoms with Crippen molar-refractivity contribution in [3.05, 3.63) is 28.8 Å². The van der Waals surface area contributed by atoms with Gasteiger partial charge in [-0.1, -0.05) is 11.6 Å². The monoisotopic (exact) mass is 342 g/mol. The Bertz CT molecular complexity index is 511. The van der Waals surface area contributed by atoms with Gasteiger partial charge in [0.05, 0.1) is 5.56 Å². The topological polar surface area (TPSA) is 55.6 Å². The van der Waals surface area contributed by atoms with Gasteiger partial charge in [0.1, 0.15) is 12.4 Å². The van der Waals surface area contributed by atoms with Crippen molar-refractivity contribution < 1.29 is 9.53 Å². The van der Waals surface area contributed by atoms with Crippen LogP contribution in [0.15, 0.2) is 18.2 Å². The van der Waals surface area contributed by atoms with E-state index >= 15 is 0 Å². The van der Waals surface area contributed by atoms with Crippen molar-refractivity contribution in [1.82, 2.24) is 4.90 Å². The predicted molar refractivity (Wildman–Crippen MR) is 93.0 cm³/mol. The van der Waals surface area contributed by atoms with Crippen LogP contribution in [0.3, 0.4) is 0 Å². The molecule has 1 fully saturated rings. The fourth-order valence-corrected chi connectivity index (χ4v) is 3.67. The van der Waals surface area contributed by atoms with Crippen molar-refractivity contribution in [3.8, 4) is 5.75 Å². The zero-order chi connectivity index (χ0) is 15.9. The van der Waals surface area contributed by atoms with Crippen LogP contribution in [0, 0.1) is 5.92 Å². The van der Waals surface area contributed by atoms with Crippen LogP contribution in [0.1, 0.15) is 23.2 Å². The lowest BCUT2D eigenvalue weighted by Crippen LogP contribution is -2.40. The van der Waals surface area contributed by atoms with Crippen LogP contribution in [0.25, 0.3) is 0 Å². The van der Waals surface area contributed by atoms with E-state index in [1.165, 1.54) is 6.42 Å². The molecule has 2 N–H and O–H groups in total. The van der Waals surface area contributed by atoms with E-state index in [4.69, 9.17) is 22.1 Å². The summed E-state index contributed by atoms with van der Waals surface area (Å²) in [5.74, 6) is 2.23. The zero-order valence-electron chi connectivity index (χ0n) is 12.9. The maximum absolute atomic E-state index is 12.8. The molecule has 1 amide bonds. The van der Waals surface area contributed by atoms with Gasteiger partial charge >= 0.3 is 0 Å².